The highest BCUT2D eigenvalue weighted by Gasteiger charge is 2.02. The van der Waals surface area contributed by atoms with E-state index < -0.39 is 0 Å². The SMILES string of the molecule is Cc1ccc(P=C([O-])c2c(C)cccc2C)c(C)c1. The third kappa shape index (κ3) is 3.12. The van der Waals surface area contributed by atoms with Crippen LogP contribution < -0.4 is 10.4 Å². The summed E-state index contributed by atoms with van der Waals surface area (Å²) in [6.45, 7) is 8.13. The van der Waals surface area contributed by atoms with Crippen LogP contribution in [0.15, 0.2) is 36.4 Å². The van der Waals surface area contributed by atoms with E-state index in [0.717, 1.165) is 30.2 Å². The fourth-order valence-corrected chi connectivity index (χ4v) is 3.32. The Hall–Kier alpha value is -1.43. The van der Waals surface area contributed by atoms with E-state index in [1.165, 1.54) is 11.1 Å². The van der Waals surface area contributed by atoms with Gasteiger partial charge in [0.2, 0.25) is 0 Å². The quantitative estimate of drug-likeness (QED) is 0.768. The summed E-state index contributed by atoms with van der Waals surface area (Å²) in [5.74, 6) is 0. The zero-order valence-electron chi connectivity index (χ0n) is 11.8. The predicted octanol–water partition coefficient (Wildman–Crippen LogP) is 3.03. The number of rotatable bonds is 2. The van der Waals surface area contributed by atoms with E-state index in [4.69, 9.17) is 0 Å². The average Bonchev–Trinajstić information content (AvgIpc) is 2.32. The van der Waals surface area contributed by atoms with Gasteiger partial charge in [-0.25, -0.2) is 0 Å². The fraction of sp³-hybridized carbons (Fsp3) is 0.235. The molecule has 0 aliphatic rings. The Morgan fingerprint density at radius 2 is 1.53 bits per heavy atom. The maximum atomic E-state index is 12.5. The fourth-order valence-electron chi connectivity index (χ4n) is 2.25. The maximum absolute atomic E-state index is 12.5. The Morgan fingerprint density at radius 3 is 2.11 bits per heavy atom. The lowest BCUT2D eigenvalue weighted by molar-refractivity contribution is -0.207. The van der Waals surface area contributed by atoms with Crippen LogP contribution in [0.1, 0.15) is 27.8 Å². The number of hydrogen-bond acceptors (Lipinski definition) is 1. The van der Waals surface area contributed by atoms with Gasteiger partial charge in [0.15, 0.2) is 0 Å². The lowest BCUT2D eigenvalue weighted by atomic mass is 10.0. The van der Waals surface area contributed by atoms with Crippen molar-refractivity contribution in [1.82, 2.24) is 0 Å². The van der Waals surface area contributed by atoms with Gasteiger partial charge in [0.25, 0.3) is 0 Å². The van der Waals surface area contributed by atoms with Gasteiger partial charge in [0, 0.05) is 5.30 Å². The van der Waals surface area contributed by atoms with E-state index in [9.17, 15) is 5.11 Å². The van der Waals surface area contributed by atoms with Gasteiger partial charge in [-0.3, -0.25) is 0 Å². The van der Waals surface area contributed by atoms with Crippen LogP contribution in [-0.4, -0.2) is 5.48 Å². The van der Waals surface area contributed by atoms with Crippen molar-refractivity contribution in [1.29, 1.82) is 0 Å². The van der Waals surface area contributed by atoms with E-state index in [-0.39, 0.29) is 5.48 Å². The molecule has 0 saturated heterocycles. The van der Waals surface area contributed by atoms with Crippen molar-refractivity contribution in [2.75, 3.05) is 0 Å². The van der Waals surface area contributed by atoms with Crippen molar-refractivity contribution < 1.29 is 5.11 Å². The number of aryl methyl sites for hydroxylation is 4. The number of benzene rings is 2. The van der Waals surface area contributed by atoms with Crippen molar-refractivity contribution in [3.05, 3.63) is 64.2 Å². The molecule has 0 unspecified atom stereocenters. The van der Waals surface area contributed by atoms with Gasteiger partial charge >= 0.3 is 0 Å². The summed E-state index contributed by atoms with van der Waals surface area (Å²) in [7, 11) is 0.763. The molecule has 1 nitrogen and oxygen atoms in total. The molecule has 0 amide bonds. The molecule has 0 bridgehead atoms. The molecular formula is C17H18OP-. The lowest BCUT2D eigenvalue weighted by Gasteiger charge is -2.18. The van der Waals surface area contributed by atoms with E-state index in [2.05, 4.69) is 32.0 Å². The minimum Gasteiger partial charge on any atom is -0.823 e. The van der Waals surface area contributed by atoms with E-state index in [1.54, 1.807) is 0 Å². The van der Waals surface area contributed by atoms with Crippen molar-refractivity contribution in [2.24, 2.45) is 0 Å². The average molecular weight is 269 g/mol. The summed E-state index contributed by atoms with van der Waals surface area (Å²) in [4.78, 5) is 0. The standard InChI is InChI=1S/C17H19OP/c1-11-8-9-15(14(4)10-11)19-17(18)16-12(2)6-5-7-13(16)3/h5-10,18H,1-4H3/p-1. The van der Waals surface area contributed by atoms with Crippen LogP contribution >= 0.6 is 8.20 Å². The van der Waals surface area contributed by atoms with Crippen molar-refractivity contribution in [2.45, 2.75) is 27.7 Å². The molecule has 2 rings (SSSR count). The monoisotopic (exact) mass is 269 g/mol. The van der Waals surface area contributed by atoms with E-state index in [1.807, 2.05) is 32.0 Å². The van der Waals surface area contributed by atoms with Gasteiger partial charge in [0.1, 0.15) is 0 Å². The highest BCUT2D eigenvalue weighted by molar-refractivity contribution is 7.49. The summed E-state index contributed by atoms with van der Waals surface area (Å²) >= 11 is 0. The molecule has 2 heteroatoms. The van der Waals surface area contributed by atoms with Gasteiger partial charge in [-0.2, -0.15) is 0 Å². The van der Waals surface area contributed by atoms with Crippen LogP contribution in [0, 0.1) is 27.7 Å². The molecule has 0 aromatic heterocycles. The van der Waals surface area contributed by atoms with Gasteiger partial charge in [-0.1, -0.05) is 44.1 Å². The molecule has 2 aromatic carbocycles. The molecule has 0 radical (unpaired) electrons. The van der Waals surface area contributed by atoms with E-state index >= 15 is 0 Å². The molecule has 19 heavy (non-hydrogen) atoms. The molecule has 0 aliphatic carbocycles. The zero-order valence-corrected chi connectivity index (χ0v) is 12.7. The van der Waals surface area contributed by atoms with Gasteiger partial charge < -0.3 is 5.11 Å². The Balaban J connectivity index is 2.49. The molecule has 0 heterocycles. The molecule has 0 aliphatic heterocycles. The normalized spacial score (nSPS) is 11.7. The van der Waals surface area contributed by atoms with Crippen molar-refractivity contribution in [3.8, 4) is 0 Å². The van der Waals surface area contributed by atoms with Crippen LogP contribution in [0.4, 0.5) is 0 Å². The predicted molar refractivity (Wildman–Crippen MR) is 82.5 cm³/mol. The van der Waals surface area contributed by atoms with Crippen LogP contribution in [0.3, 0.4) is 0 Å². The van der Waals surface area contributed by atoms with Crippen LogP contribution in [0.25, 0.3) is 0 Å². The smallest absolute Gasteiger partial charge is 0.00375 e. The lowest BCUT2D eigenvalue weighted by Crippen LogP contribution is -2.20. The van der Waals surface area contributed by atoms with Crippen molar-refractivity contribution in [3.63, 3.8) is 0 Å². The number of hydrogen-bond donors (Lipinski definition) is 0. The first-order valence-corrected chi connectivity index (χ1v) is 7.28. The summed E-state index contributed by atoms with van der Waals surface area (Å²) in [6, 6.07) is 12.2. The van der Waals surface area contributed by atoms with Gasteiger partial charge in [-0.15, -0.1) is 5.48 Å². The Labute approximate surface area is 116 Å². The van der Waals surface area contributed by atoms with Crippen LogP contribution in [0.2, 0.25) is 0 Å². The minimum atomic E-state index is 0.183. The second-order valence-corrected chi connectivity index (χ2v) is 6.09. The minimum absolute atomic E-state index is 0.183. The van der Waals surface area contributed by atoms with Gasteiger partial charge in [0.05, 0.1) is 0 Å². The van der Waals surface area contributed by atoms with Crippen LogP contribution in [-0.2, 0) is 0 Å². The summed E-state index contributed by atoms with van der Waals surface area (Å²) in [5, 5.41) is 13.6. The Bertz CT molecular complexity index is 621. The first kappa shape index (κ1) is 14.0. The molecule has 0 saturated carbocycles. The second kappa shape index (κ2) is 5.69. The third-order valence-electron chi connectivity index (χ3n) is 3.27. The molecular weight excluding hydrogens is 251 g/mol. The summed E-state index contributed by atoms with van der Waals surface area (Å²) in [6.07, 6.45) is 0. The Kier molecular flexibility index (Phi) is 4.19. The Morgan fingerprint density at radius 1 is 0.895 bits per heavy atom. The second-order valence-electron chi connectivity index (χ2n) is 4.97. The van der Waals surface area contributed by atoms with Crippen LogP contribution in [0.5, 0.6) is 0 Å². The van der Waals surface area contributed by atoms with Gasteiger partial charge in [-0.05, 0) is 56.0 Å². The molecule has 2 aromatic rings. The molecule has 98 valence electrons. The maximum Gasteiger partial charge on any atom is 0.00375 e. The molecule has 0 N–H and O–H groups in total. The molecule has 0 atom stereocenters. The highest BCUT2D eigenvalue weighted by Crippen LogP contribution is 2.17. The topological polar surface area (TPSA) is 23.1 Å². The molecule has 0 fully saturated rings. The highest BCUT2D eigenvalue weighted by atomic mass is 31.1. The van der Waals surface area contributed by atoms with E-state index in [0.29, 0.717) is 0 Å². The zero-order chi connectivity index (χ0) is 14.0. The summed E-state index contributed by atoms with van der Waals surface area (Å²) < 4.78 is 0. The summed E-state index contributed by atoms with van der Waals surface area (Å²) in [5.41, 5.74) is 5.58. The third-order valence-corrected chi connectivity index (χ3v) is 4.44. The largest absolute Gasteiger partial charge is 0.823 e. The first-order valence-electron chi connectivity index (χ1n) is 6.38. The van der Waals surface area contributed by atoms with Crippen molar-refractivity contribution >= 4 is 19.0 Å². The first-order chi connectivity index (χ1) is 8.99. The molecule has 0 spiro atoms.